The Morgan fingerprint density at radius 2 is 0.636 bits per heavy atom. The first-order valence-electron chi connectivity index (χ1n) is 11.3. The average Bonchev–Trinajstić information content (AvgIpc) is 2.78. The summed E-state index contributed by atoms with van der Waals surface area (Å²) in [6, 6.07) is 21.6. The first-order chi connectivity index (χ1) is 13.5. The number of hydrogen-bond donors (Lipinski definition) is 0. The molecule has 0 N–H and O–H groups in total. The van der Waals surface area contributed by atoms with Crippen LogP contribution in [0.3, 0.4) is 0 Å². The van der Waals surface area contributed by atoms with Gasteiger partial charge in [-0.1, -0.05) is 60.7 Å². The van der Waals surface area contributed by atoms with Crippen molar-refractivity contribution in [3.63, 3.8) is 0 Å². The molecule has 2 nitrogen and oxygen atoms in total. The summed E-state index contributed by atoms with van der Waals surface area (Å²) in [6.07, 6.45) is 0. The highest BCUT2D eigenvalue weighted by Crippen LogP contribution is 2.14. The van der Waals surface area contributed by atoms with Gasteiger partial charge in [-0.2, -0.15) is 0 Å². The Morgan fingerprint density at radius 1 is 0.424 bits per heavy atom. The van der Waals surface area contributed by atoms with Gasteiger partial charge in [-0.05, 0) is 41.5 Å². The second-order valence-corrected chi connectivity index (χ2v) is 7.87. The van der Waals surface area contributed by atoms with Crippen molar-refractivity contribution < 1.29 is 33.8 Å². The van der Waals surface area contributed by atoms with E-state index in [1.807, 2.05) is 0 Å². The zero-order valence-electron chi connectivity index (χ0n) is 21.3. The summed E-state index contributed by atoms with van der Waals surface area (Å²) in [6.45, 7) is 23.4. The van der Waals surface area contributed by atoms with Gasteiger partial charge >= 0.3 is 0 Å². The first-order valence-corrected chi connectivity index (χ1v) is 11.3. The van der Waals surface area contributed by atoms with Crippen molar-refractivity contribution in [1.82, 2.24) is 0 Å². The third-order valence-corrected chi connectivity index (χ3v) is 6.75. The van der Waals surface area contributed by atoms with E-state index in [0.29, 0.717) is 0 Å². The van der Waals surface area contributed by atoms with Crippen molar-refractivity contribution in [2.45, 2.75) is 54.6 Å². The van der Waals surface area contributed by atoms with Crippen LogP contribution in [0.5, 0.6) is 0 Å². The maximum Gasteiger partial charge on any atom is 0.104 e. The van der Waals surface area contributed by atoms with Crippen LogP contribution in [0.15, 0.2) is 60.7 Å². The van der Waals surface area contributed by atoms with Crippen molar-refractivity contribution >= 4 is 37.2 Å². The molecule has 2 aromatic carbocycles. The predicted molar refractivity (Wildman–Crippen MR) is 146 cm³/mol. The van der Waals surface area contributed by atoms with E-state index in [4.69, 9.17) is 0 Å². The number of quaternary nitrogens is 2. The normalized spacial score (nSPS) is 9.88. The van der Waals surface area contributed by atoms with Crippen molar-refractivity contribution in [3.05, 3.63) is 71.8 Å². The molecule has 33 heavy (non-hydrogen) atoms. The van der Waals surface area contributed by atoms with E-state index in [9.17, 15) is 0 Å². The molecule has 7 heteroatoms. The molecule has 0 unspecified atom stereocenters. The van der Waals surface area contributed by atoms with Crippen LogP contribution in [0.4, 0.5) is 0 Å². The number of benzene rings is 2. The summed E-state index contributed by atoms with van der Waals surface area (Å²) in [4.78, 5) is 0. The lowest BCUT2D eigenvalue weighted by atomic mass is 10.2. The number of hydrogen-bond acceptors (Lipinski definition) is 0. The van der Waals surface area contributed by atoms with Crippen molar-refractivity contribution in [2.75, 3.05) is 39.3 Å². The van der Waals surface area contributed by atoms with Gasteiger partial charge in [-0.15, -0.1) is 37.2 Å². The Labute approximate surface area is 235 Å². The molecule has 0 aromatic heterocycles. The fraction of sp³-hybridized carbons (Fsp3) is 0.538. The van der Waals surface area contributed by atoms with E-state index in [1.54, 1.807) is 0 Å². The van der Waals surface area contributed by atoms with Crippen LogP contribution in [-0.4, -0.2) is 48.2 Å². The lowest BCUT2D eigenvalue weighted by Gasteiger charge is -2.35. The topological polar surface area (TPSA) is 0 Å². The molecule has 0 aliphatic rings. The SMILES string of the molecule is CC[N+](CC)(CC)Cc1ccccc1.CC[N+](CC)(CC)Cc1ccccc1.Cl.Cl.Cl.[Cl-].[Cl-]. The number of halogens is 5. The van der Waals surface area contributed by atoms with Gasteiger partial charge in [-0.25, -0.2) is 0 Å². The molecule has 0 saturated heterocycles. The standard InChI is InChI=1S/2C13H22N.5ClH/c2*1-4-14(5-2,6-3)12-13-10-8-7-9-11-13;;;;;/h2*7-11H,4-6,12H2,1-3H3;5*1H/q2*+1;;;;;/p-2. The van der Waals surface area contributed by atoms with Gasteiger partial charge in [0.15, 0.2) is 0 Å². The Balaban J connectivity index is -0.000000138. The molecule has 0 aliphatic carbocycles. The van der Waals surface area contributed by atoms with Crippen LogP contribution >= 0.6 is 37.2 Å². The van der Waals surface area contributed by atoms with Gasteiger partial charge in [0.25, 0.3) is 0 Å². The number of nitrogens with zero attached hydrogens (tertiary/aromatic N) is 2. The monoisotopic (exact) mass is 562 g/mol. The van der Waals surface area contributed by atoms with Crippen molar-refractivity contribution in [3.8, 4) is 0 Å². The minimum Gasteiger partial charge on any atom is -1.00 e. The van der Waals surface area contributed by atoms with Crippen LogP contribution in [0.1, 0.15) is 52.7 Å². The van der Waals surface area contributed by atoms with Gasteiger partial charge in [0.1, 0.15) is 13.1 Å². The number of rotatable bonds is 10. The minimum atomic E-state index is 0. The molecule has 0 radical (unpaired) electrons. The minimum absolute atomic E-state index is 0. The lowest BCUT2D eigenvalue weighted by Crippen LogP contribution is -3.00. The third kappa shape index (κ3) is 14.7. The quantitative estimate of drug-likeness (QED) is 0.383. The van der Waals surface area contributed by atoms with Crippen molar-refractivity contribution in [2.24, 2.45) is 0 Å². The van der Waals surface area contributed by atoms with E-state index in [2.05, 4.69) is 102 Å². The van der Waals surface area contributed by atoms with Crippen molar-refractivity contribution in [1.29, 1.82) is 0 Å². The largest absolute Gasteiger partial charge is 1.00 e. The third-order valence-electron chi connectivity index (χ3n) is 6.75. The fourth-order valence-corrected chi connectivity index (χ4v) is 3.95. The summed E-state index contributed by atoms with van der Waals surface area (Å²) in [5, 5.41) is 0. The molecule has 0 fully saturated rings. The highest BCUT2D eigenvalue weighted by Gasteiger charge is 2.21. The molecule has 0 bridgehead atoms. The molecule has 0 aliphatic heterocycles. The fourth-order valence-electron chi connectivity index (χ4n) is 3.95. The second kappa shape index (κ2) is 23.5. The van der Waals surface area contributed by atoms with Gasteiger partial charge in [0, 0.05) is 11.1 Å². The summed E-state index contributed by atoms with van der Waals surface area (Å²) in [7, 11) is 0. The summed E-state index contributed by atoms with van der Waals surface area (Å²) >= 11 is 0. The molecule has 2 rings (SSSR count). The van der Waals surface area contributed by atoms with Crippen LogP contribution < -0.4 is 24.8 Å². The maximum absolute atomic E-state index is 2.29. The molecular weight excluding hydrogens is 518 g/mol. The Morgan fingerprint density at radius 3 is 0.818 bits per heavy atom. The van der Waals surface area contributed by atoms with Crippen LogP contribution in [-0.2, 0) is 13.1 Å². The second-order valence-electron chi connectivity index (χ2n) is 7.87. The molecule has 0 saturated carbocycles. The summed E-state index contributed by atoms with van der Waals surface area (Å²) < 4.78 is 2.40. The highest BCUT2D eigenvalue weighted by molar-refractivity contribution is 5.86. The maximum atomic E-state index is 2.29. The Kier molecular flexibility index (Phi) is 30.6. The van der Waals surface area contributed by atoms with E-state index < -0.39 is 0 Å². The van der Waals surface area contributed by atoms with Crippen LogP contribution in [0, 0.1) is 0 Å². The Bertz CT molecular complexity index is 560. The van der Waals surface area contributed by atoms with Gasteiger partial charge in [0.2, 0.25) is 0 Å². The zero-order chi connectivity index (χ0) is 20.9. The van der Waals surface area contributed by atoms with E-state index in [0.717, 1.165) is 0 Å². The van der Waals surface area contributed by atoms with E-state index >= 15 is 0 Å². The van der Waals surface area contributed by atoms with Crippen LogP contribution in [0.25, 0.3) is 0 Å². The van der Waals surface area contributed by atoms with Gasteiger partial charge in [0.05, 0.1) is 39.3 Å². The predicted octanol–water partition coefficient (Wildman–Crippen LogP) is 1.40. The first kappa shape index (κ1) is 42.9. The van der Waals surface area contributed by atoms with Gasteiger partial charge < -0.3 is 33.8 Å². The lowest BCUT2D eigenvalue weighted by molar-refractivity contribution is -0.936. The molecule has 2 aromatic rings. The molecular formula is C26H47Cl5N2. The van der Waals surface area contributed by atoms with E-state index in [1.165, 1.54) is 72.5 Å². The summed E-state index contributed by atoms with van der Waals surface area (Å²) in [5.74, 6) is 0. The highest BCUT2D eigenvalue weighted by atomic mass is 35.5. The zero-order valence-corrected chi connectivity index (χ0v) is 25.3. The molecule has 196 valence electrons. The molecule has 0 spiro atoms. The molecule has 0 atom stereocenters. The van der Waals surface area contributed by atoms with Gasteiger partial charge in [-0.3, -0.25) is 0 Å². The Hall–Kier alpha value is -0.190. The van der Waals surface area contributed by atoms with E-state index in [-0.39, 0.29) is 62.0 Å². The smallest absolute Gasteiger partial charge is 0.104 e. The summed E-state index contributed by atoms with van der Waals surface area (Å²) in [5.41, 5.74) is 2.91. The molecule has 0 amide bonds. The molecule has 0 heterocycles. The average molecular weight is 565 g/mol. The van der Waals surface area contributed by atoms with Crippen LogP contribution in [0.2, 0.25) is 0 Å².